The van der Waals surface area contributed by atoms with Crippen LogP contribution in [-0.2, 0) is 19.5 Å². The van der Waals surface area contributed by atoms with Gasteiger partial charge in [-0.05, 0) is 25.3 Å². The maximum Gasteiger partial charge on any atom is 0.255 e. The van der Waals surface area contributed by atoms with E-state index >= 15 is 0 Å². The molecule has 2 aromatic rings. The molecule has 3 heterocycles. The average Bonchev–Trinajstić information content (AvgIpc) is 2.71. The third-order valence-corrected chi connectivity index (χ3v) is 5.82. The second kappa shape index (κ2) is 8.25. The van der Waals surface area contributed by atoms with Gasteiger partial charge in [-0.3, -0.25) is 9.69 Å². The molecule has 2 aliphatic heterocycles. The summed E-state index contributed by atoms with van der Waals surface area (Å²) in [7, 11) is 0. The first-order chi connectivity index (χ1) is 13.7. The lowest BCUT2D eigenvalue weighted by molar-refractivity contribution is 0.151. The number of rotatable bonds is 5. The van der Waals surface area contributed by atoms with Crippen molar-refractivity contribution >= 4 is 0 Å². The van der Waals surface area contributed by atoms with Crippen LogP contribution in [0, 0.1) is 0 Å². The van der Waals surface area contributed by atoms with E-state index in [2.05, 4.69) is 59.1 Å². The smallest absolute Gasteiger partial charge is 0.255 e. The Morgan fingerprint density at radius 2 is 2.21 bits per heavy atom. The highest BCUT2D eigenvalue weighted by Gasteiger charge is 2.25. The zero-order valence-electron chi connectivity index (χ0n) is 16.4. The summed E-state index contributed by atoms with van der Waals surface area (Å²) in [6.07, 6.45) is 9.36. The molecule has 4 rings (SSSR count). The molecule has 5 heteroatoms. The third kappa shape index (κ3) is 3.73. The second-order valence-electron chi connectivity index (χ2n) is 7.68. The normalized spacial score (nSPS) is 22.0. The van der Waals surface area contributed by atoms with E-state index in [0.717, 1.165) is 49.2 Å². The second-order valence-corrected chi connectivity index (χ2v) is 7.68. The molecule has 0 spiro atoms. The van der Waals surface area contributed by atoms with Crippen molar-refractivity contribution in [3.8, 4) is 11.4 Å². The minimum atomic E-state index is -0.0270. The summed E-state index contributed by atoms with van der Waals surface area (Å²) in [4.78, 5) is 22.9. The summed E-state index contributed by atoms with van der Waals surface area (Å²) in [6, 6.07) is 9.10. The summed E-state index contributed by atoms with van der Waals surface area (Å²) in [5.74, 6) is 0.682. The van der Waals surface area contributed by atoms with Gasteiger partial charge in [0.1, 0.15) is 5.82 Å². The molecule has 146 valence electrons. The van der Waals surface area contributed by atoms with Gasteiger partial charge in [-0.1, -0.05) is 42.5 Å². The van der Waals surface area contributed by atoms with Crippen LogP contribution < -0.4 is 10.9 Å². The van der Waals surface area contributed by atoms with E-state index in [1.165, 1.54) is 5.56 Å². The van der Waals surface area contributed by atoms with Gasteiger partial charge < -0.3 is 10.3 Å². The molecule has 0 radical (unpaired) electrons. The number of nitrogens with zero attached hydrogens (tertiary/aromatic N) is 2. The van der Waals surface area contributed by atoms with Crippen molar-refractivity contribution < 1.29 is 0 Å². The Balaban J connectivity index is 1.70. The lowest BCUT2D eigenvalue weighted by Crippen LogP contribution is -2.42. The molecule has 1 aromatic carbocycles. The Kier molecular flexibility index (Phi) is 5.55. The van der Waals surface area contributed by atoms with Crippen molar-refractivity contribution in [2.75, 3.05) is 6.54 Å². The summed E-state index contributed by atoms with van der Waals surface area (Å²) < 4.78 is 0. The largest absolute Gasteiger partial charge is 0.312 e. The molecule has 0 saturated heterocycles. The topological polar surface area (TPSA) is 61.0 Å². The zero-order chi connectivity index (χ0) is 19.5. The fourth-order valence-electron chi connectivity index (χ4n) is 4.28. The summed E-state index contributed by atoms with van der Waals surface area (Å²) in [5, 5.41) is 3.25. The van der Waals surface area contributed by atoms with E-state index in [-0.39, 0.29) is 5.56 Å². The lowest BCUT2D eigenvalue weighted by atomic mass is 9.97. The minimum absolute atomic E-state index is 0.0270. The van der Waals surface area contributed by atoms with Gasteiger partial charge in [-0.25, -0.2) is 4.98 Å². The van der Waals surface area contributed by atoms with Crippen LogP contribution in [-0.4, -0.2) is 33.5 Å². The number of aromatic amines is 1. The van der Waals surface area contributed by atoms with Crippen molar-refractivity contribution in [2.24, 2.45) is 0 Å². The van der Waals surface area contributed by atoms with Crippen molar-refractivity contribution in [3.63, 3.8) is 0 Å². The molecule has 2 atom stereocenters. The predicted octanol–water partition coefficient (Wildman–Crippen LogP) is 3.18. The Morgan fingerprint density at radius 1 is 1.36 bits per heavy atom. The van der Waals surface area contributed by atoms with Crippen molar-refractivity contribution in [1.82, 2.24) is 20.2 Å². The van der Waals surface area contributed by atoms with Gasteiger partial charge in [0.25, 0.3) is 5.56 Å². The van der Waals surface area contributed by atoms with Crippen LogP contribution in [0.3, 0.4) is 0 Å². The number of H-pyrrole nitrogens is 1. The standard InChI is InChI=1S/C23H28N4O/c1-3-7-18-10-6-8-16(2)27(18)15-17-9-4-5-11-19(17)22-25-21-12-13-24-14-20(21)23(28)26-22/h3-6,8-9,11,16,18,24H,1,7,10,12-15H2,2H3,(H,25,26,28)/t16-,18-/m1/s1. The Bertz CT molecular complexity index is 946. The Labute approximate surface area is 166 Å². The molecule has 0 bridgehead atoms. The van der Waals surface area contributed by atoms with Gasteiger partial charge >= 0.3 is 0 Å². The monoisotopic (exact) mass is 376 g/mol. The van der Waals surface area contributed by atoms with Crippen LogP contribution in [0.2, 0.25) is 0 Å². The molecule has 0 fully saturated rings. The van der Waals surface area contributed by atoms with Crippen molar-refractivity contribution in [3.05, 3.63) is 76.2 Å². The van der Waals surface area contributed by atoms with E-state index in [1.54, 1.807) is 0 Å². The molecule has 0 amide bonds. The van der Waals surface area contributed by atoms with Gasteiger partial charge in [-0.15, -0.1) is 6.58 Å². The highest BCUT2D eigenvalue weighted by molar-refractivity contribution is 5.60. The first-order valence-electron chi connectivity index (χ1n) is 10.1. The predicted molar refractivity (Wildman–Crippen MR) is 113 cm³/mol. The van der Waals surface area contributed by atoms with E-state index in [1.807, 2.05) is 12.1 Å². The van der Waals surface area contributed by atoms with Gasteiger partial charge in [0.2, 0.25) is 0 Å². The van der Waals surface area contributed by atoms with Crippen LogP contribution in [0.25, 0.3) is 11.4 Å². The van der Waals surface area contributed by atoms with Crippen LogP contribution in [0.4, 0.5) is 0 Å². The molecule has 28 heavy (non-hydrogen) atoms. The molecular weight excluding hydrogens is 348 g/mol. The number of nitrogens with one attached hydrogen (secondary N) is 2. The van der Waals surface area contributed by atoms with Gasteiger partial charge in [0.15, 0.2) is 0 Å². The zero-order valence-corrected chi connectivity index (χ0v) is 16.4. The average molecular weight is 377 g/mol. The highest BCUT2D eigenvalue weighted by Crippen LogP contribution is 2.27. The molecular formula is C23H28N4O. The van der Waals surface area contributed by atoms with E-state index in [4.69, 9.17) is 4.98 Å². The Hall–Kier alpha value is -2.50. The highest BCUT2D eigenvalue weighted by atomic mass is 16.1. The molecule has 2 aliphatic rings. The van der Waals surface area contributed by atoms with E-state index < -0.39 is 0 Å². The summed E-state index contributed by atoms with van der Waals surface area (Å²) >= 11 is 0. The number of hydrogen-bond acceptors (Lipinski definition) is 4. The lowest BCUT2D eigenvalue weighted by Gasteiger charge is -2.37. The van der Waals surface area contributed by atoms with Gasteiger partial charge in [0, 0.05) is 43.7 Å². The maximum atomic E-state index is 12.6. The van der Waals surface area contributed by atoms with E-state index in [9.17, 15) is 4.79 Å². The van der Waals surface area contributed by atoms with Crippen LogP contribution in [0.15, 0.2) is 53.9 Å². The fraction of sp³-hybridized carbons (Fsp3) is 0.391. The molecule has 2 N–H and O–H groups in total. The van der Waals surface area contributed by atoms with Crippen molar-refractivity contribution in [2.45, 2.75) is 51.4 Å². The van der Waals surface area contributed by atoms with Crippen LogP contribution in [0.1, 0.15) is 36.6 Å². The maximum absolute atomic E-state index is 12.6. The number of fused-ring (bicyclic) bond motifs is 1. The first-order valence-corrected chi connectivity index (χ1v) is 10.1. The quantitative estimate of drug-likeness (QED) is 0.787. The molecule has 1 aromatic heterocycles. The van der Waals surface area contributed by atoms with Gasteiger partial charge in [-0.2, -0.15) is 0 Å². The molecule has 5 nitrogen and oxygen atoms in total. The number of hydrogen-bond donors (Lipinski definition) is 2. The molecule has 0 saturated carbocycles. The van der Waals surface area contributed by atoms with E-state index in [0.29, 0.717) is 24.5 Å². The Morgan fingerprint density at radius 3 is 3.07 bits per heavy atom. The minimum Gasteiger partial charge on any atom is -0.312 e. The summed E-state index contributed by atoms with van der Waals surface area (Å²) in [5.41, 5.74) is 3.87. The number of benzene rings is 1. The SMILES string of the molecule is C=CC[C@@H]1CC=C[C@@H](C)N1Cc1ccccc1-c1nc2c(c(=O)[nH]1)CNCC2. The third-order valence-electron chi connectivity index (χ3n) is 5.82. The molecule has 0 aliphatic carbocycles. The fourth-order valence-corrected chi connectivity index (χ4v) is 4.28. The molecule has 0 unspecified atom stereocenters. The van der Waals surface area contributed by atoms with Crippen molar-refractivity contribution in [1.29, 1.82) is 0 Å². The van der Waals surface area contributed by atoms with Crippen LogP contribution >= 0.6 is 0 Å². The van der Waals surface area contributed by atoms with Crippen LogP contribution in [0.5, 0.6) is 0 Å². The van der Waals surface area contributed by atoms with Gasteiger partial charge in [0.05, 0.1) is 11.3 Å². The summed E-state index contributed by atoms with van der Waals surface area (Å²) in [6.45, 7) is 8.45. The first kappa shape index (κ1) is 18.8. The number of aromatic nitrogens is 2.